The Morgan fingerprint density at radius 3 is 1.94 bits per heavy atom. The lowest BCUT2D eigenvalue weighted by Gasteiger charge is -2.19. The van der Waals surface area contributed by atoms with Gasteiger partial charge in [-0.25, -0.2) is 13.2 Å². The smallest absolute Gasteiger partial charge is 0.394 e. The van der Waals surface area contributed by atoms with Crippen LogP contribution in [-0.4, -0.2) is 37.9 Å². The lowest BCUT2D eigenvalue weighted by Crippen LogP contribution is -2.00. The highest BCUT2D eigenvalue weighted by Gasteiger charge is 2.36. The molecule has 0 aliphatic rings. The SMILES string of the molecule is O=P(O)(OP(O)(O)=S)OP(O)(=S)OCCO. The van der Waals surface area contributed by atoms with Crippen LogP contribution in [0.1, 0.15) is 0 Å². The van der Waals surface area contributed by atoms with Crippen molar-refractivity contribution in [3.8, 4) is 0 Å². The summed E-state index contributed by atoms with van der Waals surface area (Å²) in [4.78, 5) is 35.2. The summed E-state index contributed by atoms with van der Waals surface area (Å²) in [6.07, 6.45) is 0. The normalized spacial score (nSPS) is 20.1. The van der Waals surface area contributed by atoms with Crippen LogP contribution in [0.5, 0.6) is 0 Å². The highest BCUT2D eigenvalue weighted by Crippen LogP contribution is 2.66. The van der Waals surface area contributed by atoms with Gasteiger partial charge in [-0.2, -0.15) is 0 Å². The van der Waals surface area contributed by atoms with Crippen molar-refractivity contribution in [1.82, 2.24) is 0 Å². The summed E-state index contributed by atoms with van der Waals surface area (Å²) >= 11 is 8.17. The van der Waals surface area contributed by atoms with Crippen LogP contribution in [0.3, 0.4) is 0 Å². The summed E-state index contributed by atoms with van der Waals surface area (Å²) in [6, 6.07) is 0. The largest absolute Gasteiger partial charge is 0.486 e. The van der Waals surface area contributed by atoms with Gasteiger partial charge in [-0.15, -0.1) is 0 Å². The number of aliphatic hydroxyl groups excluding tert-OH is 1. The van der Waals surface area contributed by atoms with E-state index in [-0.39, 0.29) is 0 Å². The molecule has 9 nitrogen and oxygen atoms in total. The second kappa shape index (κ2) is 6.40. The maximum atomic E-state index is 11.0. The number of hydrogen-bond donors (Lipinski definition) is 5. The fourth-order valence-electron chi connectivity index (χ4n) is 0.459. The Hall–Kier alpha value is 1.21. The molecule has 0 saturated heterocycles. The van der Waals surface area contributed by atoms with Crippen molar-refractivity contribution in [3.05, 3.63) is 0 Å². The van der Waals surface area contributed by atoms with Crippen molar-refractivity contribution < 1.29 is 42.4 Å². The van der Waals surface area contributed by atoms with E-state index >= 15 is 0 Å². The van der Waals surface area contributed by atoms with Crippen LogP contribution in [0.15, 0.2) is 0 Å². The van der Waals surface area contributed by atoms with Crippen LogP contribution >= 0.6 is 21.3 Å². The third-order valence-electron chi connectivity index (χ3n) is 0.762. The molecule has 0 radical (unpaired) electrons. The van der Waals surface area contributed by atoms with E-state index < -0.39 is 34.5 Å². The molecule has 2 atom stereocenters. The lowest BCUT2D eigenvalue weighted by atomic mass is 10.8. The third kappa shape index (κ3) is 9.26. The molecule has 0 saturated carbocycles. The van der Waals surface area contributed by atoms with Gasteiger partial charge < -0.3 is 29.2 Å². The first kappa shape index (κ1) is 17.2. The van der Waals surface area contributed by atoms with Gasteiger partial charge in [0.15, 0.2) is 0 Å². The van der Waals surface area contributed by atoms with E-state index in [1.54, 1.807) is 0 Å². The van der Waals surface area contributed by atoms with Gasteiger partial charge in [-0.05, 0) is 23.6 Å². The van der Waals surface area contributed by atoms with Crippen LogP contribution in [0.4, 0.5) is 0 Å². The summed E-state index contributed by atoms with van der Waals surface area (Å²) < 4.78 is 23.1. The van der Waals surface area contributed by atoms with Crippen molar-refractivity contribution in [2.24, 2.45) is 0 Å². The molecule has 16 heavy (non-hydrogen) atoms. The molecule has 0 heterocycles. The molecule has 5 N–H and O–H groups in total. The van der Waals surface area contributed by atoms with Gasteiger partial charge >= 0.3 is 21.3 Å². The topological polar surface area (TPSA) is 146 Å². The van der Waals surface area contributed by atoms with Gasteiger partial charge in [-0.3, -0.25) is 0 Å². The summed E-state index contributed by atoms with van der Waals surface area (Å²) in [5, 5.41) is 8.34. The minimum Gasteiger partial charge on any atom is -0.394 e. The van der Waals surface area contributed by atoms with Crippen LogP contribution < -0.4 is 0 Å². The maximum absolute atomic E-state index is 11.0. The standard InChI is InChI=1S/C2H9O9P3S2/c3-1-2-9-14(8,16)11-12(4,5)10-13(6,7)15/h3H,1-2H2,(H,4,5)(H,8,16)(H2,6,7,15). The predicted molar refractivity (Wildman–Crippen MR) is 60.3 cm³/mol. The van der Waals surface area contributed by atoms with Crippen molar-refractivity contribution in [3.63, 3.8) is 0 Å². The third-order valence-corrected chi connectivity index (χ3v) is 6.11. The van der Waals surface area contributed by atoms with Crippen LogP contribution in [-0.2, 0) is 41.3 Å². The van der Waals surface area contributed by atoms with Gasteiger partial charge in [0.05, 0.1) is 13.2 Å². The lowest BCUT2D eigenvalue weighted by molar-refractivity contribution is 0.171. The average Bonchev–Trinajstić information content (AvgIpc) is 1.93. The Labute approximate surface area is 101 Å². The van der Waals surface area contributed by atoms with Gasteiger partial charge in [0.1, 0.15) is 0 Å². The molecule has 0 amide bonds. The fraction of sp³-hybridized carbons (Fsp3) is 1.00. The van der Waals surface area contributed by atoms with Crippen molar-refractivity contribution in [1.29, 1.82) is 0 Å². The first-order chi connectivity index (χ1) is 6.97. The molecular formula is C2H9O9P3S2. The summed E-state index contributed by atoms with van der Waals surface area (Å²) in [7, 11) is -5.04. The second-order valence-corrected chi connectivity index (χ2v) is 9.38. The molecule has 0 aromatic rings. The van der Waals surface area contributed by atoms with Crippen LogP contribution in [0, 0.1) is 0 Å². The number of aliphatic hydroxyl groups is 1. The van der Waals surface area contributed by atoms with Gasteiger partial charge in [0, 0.05) is 0 Å². The van der Waals surface area contributed by atoms with Gasteiger partial charge in [0.25, 0.3) is 0 Å². The zero-order valence-corrected chi connectivity index (χ0v) is 11.8. The quantitative estimate of drug-likeness (QED) is 0.386. The molecule has 0 bridgehead atoms. The molecule has 0 spiro atoms. The molecule has 2 unspecified atom stereocenters. The van der Waals surface area contributed by atoms with Crippen molar-refractivity contribution in [2.75, 3.05) is 13.2 Å². The zero-order chi connectivity index (χ0) is 13.0. The maximum Gasteiger partial charge on any atom is 0.486 e. The predicted octanol–water partition coefficient (Wildman–Crippen LogP) is -0.445. The second-order valence-electron chi connectivity index (χ2n) is 2.15. The molecule has 14 heteroatoms. The number of rotatable bonds is 7. The molecule has 0 aromatic carbocycles. The van der Waals surface area contributed by atoms with E-state index in [1.807, 2.05) is 0 Å². The Morgan fingerprint density at radius 2 is 1.56 bits per heavy atom. The first-order valence-electron chi connectivity index (χ1n) is 3.37. The minimum absolute atomic E-state index is 0.430. The Balaban J connectivity index is 4.52. The van der Waals surface area contributed by atoms with E-state index in [2.05, 4.69) is 36.8 Å². The summed E-state index contributed by atoms with van der Waals surface area (Å²) in [5.74, 6) is 0. The highest BCUT2D eigenvalue weighted by atomic mass is 32.5. The van der Waals surface area contributed by atoms with Crippen LogP contribution in [0.25, 0.3) is 0 Å². The number of hydrogen-bond acceptors (Lipinski definition) is 7. The average molecular weight is 334 g/mol. The molecule has 0 fully saturated rings. The van der Waals surface area contributed by atoms with E-state index in [9.17, 15) is 4.57 Å². The first-order valence-corrected chi connectivity index (χ1v) is 10.1. The van der Waals surface area contributed by atoms with Gasteiger partial charge in [-0.1, -0.05) is 0 Å². The summed E-state index contributed by atoms with van der Waals surface area (Å²) in [6.45, 7) is -9.51. The molecule has 0 aromatic heterocycles. The molecule has 98 valence electrons. The van der Waals surface area contributed by atoms with Gasteiger partial charge in [0.2, 0.25) is 0 Å². The van der Waals surface area contributed by atoms with Crippen molar-refractivity contribution in [2.45, 2.75) is 0 Å². The molecule has 0 rings (SSSR count). The van der Waals surface area contributed by atoms with Crippen LogP contribution in [0.2, 0.25) is 0 Å². The molecular weight excluding hydrogens is 325 g/mol. The van der Waals surface area contributed by atoms with E-state index in [0.29, 0.717) is 0 Å². The van der Waals surface area contributed by atoms with E-state index in [0.717, 1.165) is 0 Å². The van der Waals surface area contributed by atoms with Crippen molar-refractivity contribution >= 4 is 44.9 Å². The van der Waals surface area contributed by atoms with E-state index in [1.165, 1.54) is 0 Å². The fourth-order valence-corrected chi connectivity index (χ4v) is 5.21. The monoisotopic (exact) mass is 334 g/mol. The highest BCUT2D eigenvalue weighted by molar-refractivity contribution is 8.10. The number of phosphoric acid groups is 1. The molecule has 0 aliphatic carbocycles. The minimum atomic E-state index is -5.04. The Kier molecular flexibility index (Phi) is 6.88. The Morgan fingerprint density at radius 1 is 1.06 bits per heavy atom. The Bertz CT molecular complexity index is 362. The zero-order valence-electron chi connectivity index (χ0n) is 7.44. The summed E-state index contributed by atoms with van der Waals surface area (Å²) in [5.41, 5.74) is 0. The van der Waals surface area contributed by atoms with E-state index in [4.69, 9.17) is 24.7 Å². The molecule has 0 aliphatic heterocycles.